The first-order chi connectivity index (χ1) is 9.92. The summed E-state index contributed by atoms with van der Waals surface area (Å²) in [6, 6.07) is 0. The topological polar surface area (TPSA) is 61.2 Å². The summed E-state index contributed by atoms with van der Waals surface area (Å²) in [6.07, 6.45) is 5.35. The van der Waals surface area contributed by atoms with Crippen LogP contribution in [0.2, 0.25) is 18.1 Å². The summed E-state index contributed by atoms with van der Waals surface area (Å²) in [7, 11) is -3.69. The van der Waals surface area contributed by atoms with Crippen molar-refractivity contribution in [3.63, 3.8) is 0 Å². The molecule has 1 atom stereocenters. The molecule has 1 heterocycles. The first-order valence-electron chi connectivity index (χ1n) is 7.35. The molecule has 0 N–H and O–H groups in total. The van der Waals surface area contributed by atoms with Crippen molar-refractivity contribution >= 4 is 27.7 Å². The predicted octanol–water partition coefficient (Wildman–Crippen LogP) is 3.98. The summed E-state index contributed by atoms with van der Waals surface area (Å²) in [5.41, 5.74) is 0.614. The normalized spacial score (nSPS) is 14.1. The van der Waals surface area contributed by atoms with Crippen molar-refractivity contribution in [3.8, 4) is 0 Å². The maximum atomic E-state index is 11.5. The van der Waals surface area contributed by atoms with Crippen LogP contribution >= 0.6 is 7.80 Å². The molecule has 1 aromatic heterocycles. The summed E-state index contributed by atoms with van der Waals surface area (Å²) in [5, 5.41) is 0.0278. The quantitative estimate of drug-likeness (QED) is 0.296. The molecule has 1 rings (SSSR count). The fraction of sp³-hybridized carbons (Fsp3) is 0.600. The van der Waals surface area contributed by atoms with Crippen molar-refractivity contribution in [2.45, 2.75) is 52.1 Å². The Morgan fingerprint density at radius 2 is 2.00 bits per heavy atom. The summed E-state index contributed by atoms with van der Waals surface area (Å²) < 4.78 is 19.4. The molecule has 0 amide bonds. The van der Waals surface area contributed by atoms with Gasteiger partial charge in [-0.2, -0.15) is 0 Å². The second-order valence-electron chi connectivity index (χ2n) is 7.11. The summed E-state index contributed by atoms with van der Waals surface area (Å²) in [5.74, 6) is 0.431. The van der Waals surface area contributed by atoms with Crippen LogP contribution in [0.25, 0.3) is 5.76 Å². The van der Waals surface area contributed by atoms with Crippen molar-refractivity contribution in [2.24, 2.45) is 0 Å². The zero-order valence-electron chi connectivity index (χ0n) is 15.1. The summed E-state index contributed by atoms with van der Waals surface area (Å²) >= 11 is 0. The average Bonchev–Trinajstić information content (AvgIpc) is 2.73. The van der Waals surface area contributed by atoms with Crippen molar-refractivity contribution in [1.29, 1.82) is 0 Å². The van der Waals surface area contributed by atoms with Crippen molar-refractivity contribution < 1.29 is 46.5 Å². The van der Waals surface area contributed by atoms with Crippen LogP contribution in [0.3, 0.4) is 0 Å². The molecule has 1 aromatic rings. The van der Waals surface area contributed by atoms with Crippen LogP contribution in [0.1, 0.15) is 33.4 Å². The van der Waals surface area contributed by atoms with Gasteiger partial charge in [0.05, 0.1) is 20.4 Å². The van der Waals surface area contributed by atoms with E-state index in [1.54, 1.807) is 23.8 Å². The van der Waals surface area contributed by atoms with Crippen molar-refractivity contribution in [3.05, 3.63) is 24.3 Å². The molecule has 5 nitrogen and oxygen atoms in total. The zero-order chi connectivity index (χ0) is 17.1. The van der Waals surface area contributed by atoms with Gasteiger partial charge >= 0.3 is 0 Å². The van der Waals surface area contributed by atoms with Gasteiger partial charge in [0.2, 0.25) is 0 Å². The number of ketones is 1. The Bertz CT molecular complexity index is 606. The molecule has 0 aliphatic heterocycles. The van der Waals surface area contributed by atoms with Gasteiger partial charge in [-0.05, 0) is 31.7 Å². The maximum absolute atomic E-state index is 11.5. The summed E-state index contributed by atoms with van der Waals surface area (Å²) in [4.78, 5) is 15.8. The smallest absolute Gasteiger partial charge is 0.250 e. The average molecular weight is 431 g/mol. The van der Waals surface area contributed by atoms with E-state index < -0.39 is 16.1 Å². The van der Waals surface area contributed by atoms with Crippen LogP contribution in [0, 0.1) is 0 Å². The van der Waals surface area contributed by atoms with Crippen LogP contribution < -0.4 is 0 Å². The van der Waals surface area contributed by atoms with Crippen LogP contribution in [0.15, 0.2) is 18.6 Å². The molecule has 0 spiro atoms. The number of rotatable bonds is 6. The maximum Gasteiger partial charge on any atom is 0.250 e. The Hall–Kier alpha value is -0.0292. The third kappa shape index (κ3) is 7.17. The minimum absolute atomic E-state index is 0. The van der Waals surface area contributed by atoms with E-state index in [-0.39, 0.29) is 43.5 Å². The fourth-order valence-electron chi connectivity index (χ4n) is 1.60. The second-order valence-corrected chi connectivity index (χ2v) is 13.6. The molecule has 0 aliphatic carbocycles. The van der Waals surface area contributed by atoms with Gasteiger partial charge in [0.25, 0.3) is 8.32 Å². The molecular formula is C15H27N2O3PSiY. The van der Waals surface area contributed by atoms with Gasteiger partial charge in [-0.1, -0.05) is 20.8 Å². The number of carbonyl (C=O) groups is 1. The van der Waals surface area contributed by atoms with E-state index in [0.29, 0.717) is 17.7 Å². The molecule has 0 aromatic carbocycles. The Kier molecular flexibility index (Phi) is 8.88. The van der Waals surface area contributed by atoms with Crippen LogP contribution in [0.4, 0.5) is 0 Å². The van der Waals surface area contributed by atoms with E-state index in [1.807, 2.05) is 0 Å². The molecule has 0 fully saturated rings. The van der Waals surface area contributed by atoms with Gasteiger partial charge in [-0.25, -0.2) is 4.98 Å². The molecule has 127 valence electrons. The third-order valence-electron chi connectivity index (χ3n) is 3.80. The summed E-state index contributed by atoms with van der Waals surface area (Å²) in [6.45, 7) is 13.9. The molecule has 1 radical (unpaired) electrons. The number of allylic oxidation sites excluding steroid dienone is 1. The van der Waals surface area contributed by atoms with Gasteiger partial charge in [0.15, 0.2) is 5.78 Å². The molecular weight excluding hydrogens is 404 g/mol. The van der Waals surface area contributed by atoms with Crippen LogP contribution in [-0.4, -0.2) is 30.3 Å². The first kappa shape index (κ1) is 23.0. The SMILES string of the molecule is CC(=O)/C=C(\O[Si](C)(C)C(C)(C)C)c1cn(C[PH](C)=O)cn1.[Y]. The van der Waals surface area contributed by atoms with E-state index in [0.717, 1.165) is 0 Å². The molecule has 8 heteroatoms. The van der Waals surface area contributed by atoms with E-state index in [4.69, 9.17) is 4.43 Å². The van der Waals surface area contributed by atoms with Gasteiger partial charge in [0, 0.05) is 45.0 Å². The van der Waals surface area contributed by atoms with Crippen LogP contribution in [-0.2, 0) is 52.8 Å². The van der Waals surface area contributed by atoms with Gasteiger partial charge in [-0.15, -0.1) is 0 Å². The Morgan fingerprint density at radius 1 is 1.43 bits per heavy atom. The fourth-order valence-corrected chi connectivity index (χ4v) is 3.31. The van der Waals surface area contributed by atoms with Gasteiger partial charge in [-0.3, -0.25) is 4.79 Å². The standard InChI is InChI=1S/C15H27N2O3PSi.Y/c1-12(18)8-14(20-22(6,7)15(2,3)4)13-9-17(10-16-13)11-21(5)19;/h8-10,21H,11H2,1-7H3;/b14-8-;. The third-order valence-corrected chi connectivity index (χ3v) is 8.95. The van der Waals surface area contributed by atoms with Gasteiger partial charge < -0.3 is 13.6 Å². The van der Waals surface area contributed by atoms with Crippen LogP contribution in [0.5, 0.6) is 0 Å². The minimum atomic E-state index is -2.07. The zero-order valence-corrected chi connectivity index (χ0v) is 20.0. The largest absolute Gasteiger partial charge is 0.542 e. The number of imidazole rings is 1. The number of hydrogen-bond donors (Lipinski definition) is 0. The molecule has 0 aliphatic rings. The van der Waals surface area contributed by atoms with E-state index >= 15 is 0 Å². The Labute approximate surface area is 166 Å². The monoisotopic (exact) mass is 431 g/mol. The minimum Gasteiger partial charge on any atom is -0.542 e. The van der Waals surface area contributed by atoms with Crippen molar-refractivity contribution in [2.75, 3.05) is 6.66 Å². The molecule has 1 unspecified atom stereocenters. The van der Waals surface area contributed by atoms with E-state index in [1.165, 1.54) is 13.0 Å². The molecule has 0 saturated heterocycles. The number of aromatic nitrogens is 2. The number of carbonyl (C=O) groups excluding carboxylic acids is 1. The Morgan fingerprint density at radius 3 is 2.43 bits per heavy atom. The van der Waals surface area contributed by atoms with Crippen molar-refractivity contribution in [1.82, 2.24) is 9.55 Å². The number of hydrogen-bond acceptors (Lipinski definition) is 4. The van der Waals surface area contributed by atoms with E-state index in [9.17, 15) is 9.36 Å². The molecule has 0 bridgehead atoms. The molecule has 0 saturated carbocycles. The second kappa shape index (κ2) is 8.89. The predicted molar refractivity (Wildman–Crippen MR) is 94.1 cm³/mol. The first-order valence-corrected chi connectivity index (χ1v) is 12.4. The van der Waals surface area contributed by atoms with Gasteiger partial charge in [0.1, 0.15) is 11.5 Å². The molecule has 23 heavy (non-hydrogen) atoms. The Balaban J connectivity index is 0.00000484. The van der Waals surface area contributed by atoms with E-state index in [2.05, 4.69) is 38.8 Å². The number of nitrogens with zero attached hydrogens (tertiary/aromatic N) is 2.